The van der Waals surface area contributed by atoms with Crippen LogP contribution in [0.25, 0.3) is 0 Å². The van der Waals surface area contributed by atoms with Crippen molar-refractivity contribution in [3.05, 3.63) is 72.9 Å². The van der Waals surface area contributed by atoms with Crippen molar-refractivity contribution in [3.63, 3.8) is 0 Å². The topological polar surface area (TPSA) is 132 Å². The molecule has 2 N–H and O–H groups in total. The first-order chi connectivity index (χ1) is 24.7. The molecule has 290 valence electrons. The molecule has 0 radical (unpaired) electrons. The lowest BCUT2D eigenvalue weighted by Gasteiger charge is -2.18. The fraction of sp³-hybridized carbons (Fsp3) is 0.659. The molecule has 1 fully saturated rings. The molecule has 1 aliphatic rings. The second-order valence-corrected chi connectivity index (χ2v) is 14.1. The van der Waals surface area contributed by atoms with Crippen LogP contribution in [0.2, 0.25) is 0 Å². The number of epoxide rings is 1. The molecule has 3 atom stereocenters. The standard InChI is InChI=1S/C41H67O9P/c1-3-5-7-9-11-12-13-14-15-16-17-18-21-25-29-33-40(42)47-35-37(36-48-51(44,45)46)49-41(43)34-30-26-22-19-20-24-28-32-39-38(50-39)31-27-23-10-8-6-4-2/h5,7,11-12,14-15,19,22-24,27-28,37-39H,3-4,6,8-10,13,16-18,20-21,25-26,29-36H2,1-2H3,(H2,44,45,46)/b7-5-,12-11-,15-14-,22-19-,27-23-,28-24-/t37-,38?,39?/m1/s1. The van der Waals surface area contributed by atoms with Crippen LogP contribution in [0.1, 0.15) is 142 Å². The summed E-state index contributed by atoms with van der Waals surface area (Å²) in [6.45, 7) is 3.45. The number of carbonyl (C=O) groups is 2. The Bertz CT molecular complexity index is 1120. The second kappa shape index (κ2) is 32.1. The highest BCUT2D eigenvalue weighted by molar-refractivity contribution is 7.46. The van der Waals surface area contributed by atoms with E-state index in [1.807, 2.05) is 6.08 Å². The molecular formula is C41H67O9P. The van der Waals surface area contributed by atoms with Crippen molar-refractivity contribution in [3.8, 4) is 0 Å². The second-order valence-electron chi connectivity index (χ2n) is 12.9. The van der Waals surface area contributed by atoms with Crippen LogP contribution in [0, 0.1) is 0 Å². The maximum absolute atomic E-state index is 12.4. The summed E-state index contributed by atoms with van der Waals surface area (Å²) in [6, 6.07) is 0. The third-order valence-electron chi connectivity index (χ3n) is 8.11. The zero-order chi connectivity index (χ0) is 37.3. The van der Waals surface area contributed by atoms with Crippen LogP contribution in [0.3, 0.4) is 0 Å². The lowest BCUT2D eigenvalue weighted by molar-refractivity contribution is -0.161. The van der Waals surface area contributed by atoms with Crippen LogP contribution in [0.4, 0.5) is 0 Å². The highest BCUT2D eigenvalue weighted by Gasteiger charge is 2.36. The predicted molar refractivity (Wildman–Crippen MR) is 206 cm³/mol. The van der Waals surface area contributed by atoms with Crippen molar-refractivity contribution >= 4 is 19.8 Å². The van der Waals surface area contributed by atoms with E-state index in [1.54, 1.807) is 0 Å². The van der Waals surface area contributed by atoms with Crippen molar-refractivity contribution in [2.75, 3.05) is 13.2 Å². The van der Waals surface area contributed by atoms with Gasteiger partial charge in [-0.25, -0.2) is 4.57 Å². The smallest absolute Gasteiger partial charge is 0.462 e. The van der Waals surface area contributed by atoms with E-state index in [0.717, 1.165) is 77.0 Å². The zero-order valence-electron chi connectivity index (χ0n) is 31.4. The van der Waals surface area contributed by atoms with Crippen molar-refractivity contribution in [1.82, 2.24) is 0 Å². The Morgan fingerprint density at radius 3 is 1.78 bits per heavy atom. The summed E-state index contributed by atoms with van der Waals surface area (Å²) in [5.74, 6) is -0.984. The van der Waals surface area contributed by atoms with E-state index < -0.39 is 32.5 Å². The number of ether oxygens (including phenoxy) is 3. The molecule has 2 unspecified atom stereocenters. The van der Waals surface area contributed by atoms with E-state index >= 15 is 0 Å². The van der Waals surface area contributed by atoms with Crippen molar-refractivity contribution in [1.29, 1.82) is 0 Å². The minimum Gasteiger partial charge on any atom is -0.462 e. The number of hydrogen-bond acceptors (Lipinski definition) is 7. The minimum absolute atomic E-state index is 0.123. The Morgan fingerprint density at radius 1 is 0.627 bits per heavy atom. The number of allylic oxidation sites excluding steroid dienone is 10. The molecule has 1 saturated heterocycles. The van der Waals surface area contributed by atoms with Crippen LogP contribution in [-0.4, -0.2) is 53.3 Å². The number of unbranched alkanes of at least 4 members (excludes halogenated alkanes) is 9. The molecule has 0 aromatic carbocycles. The van der Waals surface area contributed by atoms with Gasteiger partial charge in [-0.2, -0.15) is 0 Å². The number of phosphoric ester groups is 1. The van der Waals surface area contributed by atoms with Gasteiger partial charge < -0.3 is 24.0 Å². The Labute approximate surface area is 308 Å². The third kappa shape index (κ3) is 31.9. The van der Waals surface area contributed by atoms with Crippen molar-refractivity contribution in [2.24, 2.45) is 0 Å². The lowest BCUT2D eigenvalue weighted by atomic mass is 10.1. The van der Waals surface area contributed by atoms with Crippen molar-refractivity contribution in [2.45, 2.75) is 161 Å². The van der Waals surface area contributed by atoms with Crippen LogP contribution in [0.15, 0.2) is 72.9 Å². The van der Waals surface area contributed by atoms with Crippen molar-refractivity contribution < 1.29 is 42.7 Å². The van der Waals surface area contributed by atoms with E-state index in [1.165, 1.54) is 19.3 Å². The highest BCUT2D eigenvalue weighted by Crippen LogP contribution is 2.36. The number of esters is 2. The van der Waals surface area contributed by atoms with Gasteiger partial charge in [0.15, 0.2) is 6.10 Å². The molecule has 0 aromatic rings. The summed E-state index contributed by atoms with van der Waals surface area (Å²) < 4.78 is 32.0. The fourth-order valence-electron chi connectivity index (χ4n) is 5.13. The maximum Gasteiger partial charge on any atom is 0.469 e. The summed E-state index contributed by atoms with van der Waals surface area (Å²) >= 11 is 0. The Kier molecular flexibility index (Phi) is 29.3. The molecule has 51 heavy (non-hydrogen) atoms. The first-order valence-corrected chi connectivity index (χ1v) is 20.9. The first kappa shape index (κ1) is 46.5. The summed E-state index contributed by atoms with van der Waals surface area (Å²) in [5.41, 5.74) is 0. The summed E-state index contributed by atoms with van der Waals surface area (Å²) in [7, 11) is -4.78. The lowest BCUT2D eigenvalue weighted by Crippen LogP contribution is -2.29. The molecule has 0 bridgehead atoms. The summed E-state index contributed by atoms with van der Waals surface area (Å²) in [4.78, 5) is 42.8. The van der Waals surface area contributed by atoms with Gasteiger partial charge in [0.25, 0.3) is 0 Å². The van der Waals surface area contributed by atoms with Crippen LogP contribution < -0.4 is 0 Å². The van der Waals surface area contributed by atoms with Gasteiger partial charge in [-0.15, -0.1) is 0 Å². The Morgan fingerprint density at radius 2 is 1.14 bits per heavy atom. The quantitative estimate of drug-likeness (QED) is 0.0222. The Hall–Kier alpha value is -2.55. The summed E-state index contributed by atoms with van der Waals surface area (Å²) in [6.07, 6.45) is 43.7. The SMILES string of the molecule is CC/C=C\C/C=C\C/C=C\CCCCCCCC(=O)OC[C@H](COP(=O)(O)O)OC(=O)CCC/C=C\C/C=C\CC1OC1C/C=C\CCCCC. The van der Waals surface area contributed by atoms with E-state index in [-0.39, 0.29) is 19.4 Å². The van der Waals surface area contributed by atoms with Gasteiger partial charge in [-0.3, -0.25) is 14.1 Å². The Balaban J connectivity index is 2.15. The molecular weight excluding hydrogens is 667 g/mol. The molecule has 1 heterocycles. The average Bonchev–Trinajstić information content (AvgIpc) is 3.85. The number of rotatable bonds is 33. The van der Waals surface area contributed by atoms with E-state index in [9.17, 15) is 14.2 Å². The number of carbonyl (C=O) groups excluding carboxylic acids is 2. The van der Waals surface area contributed by atoms with Crippen LogP contribution in [-0.2, 0) is 32.9 Å². The van der Waals surface area contributed by atoms with Gasteiger partial charge in [0.1, 0.15) is 6.61 Å². The van der Waals surface area contributed by atoms with E-state index in [2.05, 4.69) is 85.2 Å². The molecule has 0 saturated carbocycles. The highest BCUT2D eigenvalue weighted by atomic mass is 31.2. The van der Waals surface area contributed by atoms with Gasteiger partial charge >= 0.3 is 19.8 Å². The molecule has 0 aromatic heterocycles. The molecule has 1 aliphatic heterocycles. The average molecular weight is 735 g/mol. The first-order valence-electron chi connectivity index (χ1n) is 19.4. The number of phosphoric acid groups is 1. The van der Waals surface area contributed by atoms with Gasteiger partial charge in [0.05, 0.1) is 18.8 Å². The maximum atomic E-state index is 12.4. The van der Waals surface area contributed by atoms with Gasteiger partial charge in [0, 0.05) is 12.8 Å². The normalized spacial score (nSPS) is 17.3. The van der Waals surface area contributed by atoms with Gasteiger partial charge in [-0.1, -0.05) is 119 Å². The predicted octanol–water partition coefficient (Wildman–Crippen LogP) is 10.5. The third-order valence-corrected chi connectivity index (χ3v) is 8.60. The molecule has 0 spiro atoms. The summed E-state index contributed by atoms with van der Waals surface area (Å²) in [5, 5.41) is 0. The molecule has 1 rings (SSSR count). The molecule has 0 aliphatic carbocycles. The van der Waals surface area contributed by atoms with Gasteiger partial charge in [-0.05, 0) is 83.5 Å². The van der Waals surface area contributed by atoms with E-state index in [0.29, 0.717) is 31.5 Å². The minimum atomic E-state index is -4.78. The molecule has 0 amide bonds. The van der Waals surface area contributed by atoms with Crippen LogP contribution >= 0.6 is 7.82 Å². The zero-order valence-corrected chi connectivity index (χ0v) is 32.3. The molecule has 9 nitrogen and oxygen atoms in total. The van der Waals surface area contributed by atoms with Gasteiger partial charge in [0.2, 0.25) is 0 Å². The fourth-order valence-corrected chi connectivity index (χ4v) is 5.49. The van der Waals surface area contributed by atoms with E-state index in [4.69, 9.17) is 24.0 Å². The van der Waals surface area contributed by atoms with Crippen LogP contribution in [0.5, 0.6) is 0 Å². The monoisotopic (exact) mass is 734 g/mol. The molecule has 10 heteroatoms. The largest absolute Gasteiger partial charge is 0.469 e. The number of hydrogen-bond donors (Lipinski definition) is 2.